The van der Waals surface area contributed by atoms with Crippen LogP contribution in [0.3, 0.4) is 0 Å². The molecule has 0 amide bonds. The Labute approximate surface area is 164 Å². The van der Waals surface area contributed by atoms with Crippen molar-refractivity contribution >= 4 is 40.7 Å². The second kappa shape index (κ2) is 7.80. The predicted molar refractivity (Wildman–Crippen MR) is 118 cm³/mol. The average molecular weight is 382 g/mol. The number of carbonyl (C=O) groups excluding carboxylic acids is 2. The topological polar surface area (TPSA) is 34.1 Å². The molecule has 0 bridgehead atoms. The maximum atomic E-state index is 11.6. The van der Waals surface area contributed by atoms with Crippen LogP contribution in [0, 0.1) is 0 Å². The fourth-order valence-electron chi connectivity index (χ4n) is 3.77. The minimum atomic E-state index is -2.26. The number of carbonyl (C=O) groups is 2. The summed E-state index contributed by atoms with van der Waals surface area (Å²) in [5, 5.41) is 4.58. The minimum absolute atomic E-state index is 0.442. The van der Waals surface area contributed by atoms with Gasteiger partial charge in [-0.25, -0.2) is 0 Å². The minimum Gasteiger partial charge on any atom is -0.298 e. The normalized spacial score (nSPS) is 13.6. The van der Waals surface area contributed by atoms with Crippen molar-refractivity contribution in [1.82, 2.24) is 0 Å². The molecule has 0 spiro atoms. The molecular formula is C25H19O2P. The number of aldehydes is 2. The van der Waals surface area contributed by atoms with Crippen LogP contribution in [0.5, 0.6) is 0 Å². The smallest absolute Gasteiger partial charge is 0.150 e. The highest BCUT2D eigenvalue weighted by Gasteiger charge is 2.30. The number of hydrogen-bond donors (Lipinski definition) is 0. The quantitative estimate of drug-likeness (QED) is 0.501. The summed E-state index contributed by atoms with van der Waals surface area (Å²) in [4.78, 5) is 23.2. The number of benzene rings is 3. The first-order valence-electron chi connectivity index (χ1n) is 9.08. The number of hydrogen-bond acceptors (Lipinski definition) is 2. The summed E-state index contributed by atoms with van der Waals surface area (Å²) in [7, 11) is 0. The average Bonchev–Trinajstić information content (AvgIpc) is 3.20. The summed E-state index contributed by atoms with van der Waals surface area (Å²) in [6, 6.07) is 31.1. The fraction of sp³-hybridized carbons (Fsp3) is 0. The number of allylic oxidation sites excluding steroid dienone is 4. The van der Waals surface area contributed by atoms with Crippen molar-refractivity contribution in [2.45, 2.75) is 0 Å². The molecule has 0 unspecified atom stereocenters. The summed E-state index contributed by atoms with van der Waals surface area (Å²) in [6.45, 7) is -2.26. The Balaban J connectivity index is 2.24. The van der Waals surface area contributed by atoms with Gasteiger partial charge in [0.1, 0.15) is 0 Å². The summed E-state index contributed by atoms with van der Waals surface area (Å²) >= 11 is 0. The first-order valence-corrected chi connectivity index (χ1v) is 10.9. The molecule has 3 heteroatoms. The molecule has 4 rings (SSSR count). The second-order valence-electron chi connectivity index (χ2n) is 6.54. The summed E-state index contributed by atoms with van der Waals surface area (Å²) in [5.41, 5.74) is 0.884. The van der Waals surface area contributed by atoms with E-state index in [9.17, 15) is 9.59 Å². The molecule has 0 fully saturated rings. The van der Waals surface area contributed by atoms with Crippen LogP contribution in [0.15, 0.2) is 114 Å². The van der Waals surface area contributed by atoms with Crippen molar-refractivity contribution in [3.8, 4) is 0 Å². The molecule has 0 N–H and O–H groups in total. The van der Waals surface area contributed by atoms with Crippen molar-refractivity contribution in [2.24, 2.45) is 0 Å². The summed E-state index contributed by atoms with van der Waals surface area (Å²) in [5.74, 6) is 0. The van der Waals surface area contributed by atoms with E-state index in [0.717, 1.165) is 17.9 Å². The molecule has 136 valence electrons. The highest BCUT2D eigenvalue weighted by atomic mass is 31.2. The van der Waals surface area contributed by atoms with Gasteiger partial charge in [-0.1, -0.05) is 91.0 Å². The number of rotatable bonds is 5. The predicted octanol–water partition coefficient (Wildman–Crippen LogP) is 3.42. The molecule has 1 aliphatic carbocycles. The standard InChI is InChI=1S/C25H19O2P/c26-18-20-16-25(17-21(20)19-27)28(22-10-4-1-5-11-22,23-12-6-2-7-13-23)24-14-8-3-9-15-24/h1-19H. The fourth-order valence-corrected chi connectivity index (χ4v) is 8.09. The van der Waals surface area contributed by atoms with Gasteiger partial charge in [-0.05, 0) is 40.2 Å². The molecular weight excluding hydrogens is 363 g/mol. The van der Waals surface area contributed by atoms with Crippen LogP contribution < -0.4 is 15.9 Å². The molecule has 0 aromatic heterocycles. The van der Waals surface area contributed by atoms with Gasteiger partial charge in [0.15, 0.2) is 12.6 Å². The van der Waals surface area contributed by atoms with Gasteiger partial charge in [0, 0.05) is 11.1 Å². The van der Waals surface area contributed by atoms with Crippen LogP contribution in [0.1, 0.15) is 0 Å². The Morgan fingerprint density at radius 3 is 1.11 bits per heavy atom. The zero-order valence-corrected chi connectivity index (χ0v) is 16.1. The lowest BCUT2D eigenvalue weighted by molar-refractivity contribution is -0.107. The van der Waals surface area contributed by atoms with Crippen LogP contribution in [0.2, 0.25) is 0 Å². The van der Waals surface area contributed by atoms with E-state index < -0.39 is 6.89 Å². The zero-order chi connectivity index (χ0) is 19.4. The van der Waals surface area contributed by atoms with Crippen LogP contribution in [0.4, 0.5) is 0 Å². The third kappa shape index (κ3) is 2.93. The van der Waals surface area contributed by atoms with Gasteiger partial charge in [0.05, 0.1) is 0 Å². The van der Waals surface area contributed by atoms with Crippen LogP contribution in [-0.2, 0) is 9.59 Å². The molecule has 3 aromatic rings. The van der Waals surface area contributed by atoms with Crippen LogP contribution >= 0.6 is 6.89 Å². The first kappa shape index (κ1) is 18.2. The molecule has 0 saturated carbocycles. The van der Waals surface area contributed by atoms with E-state index in [-0.39, 0.29) is 0 Å². The van der Waals surface area contributed by atoms with Gasteiger partial charge in [-0.2, -0.15) is 0 Å². The van der Waals surface area contributed by atoms with Crippen molar-refractivity contribution in [2.75, 3.05) is 0 Å². The summed E-state index contributed by atoms with van der Waals surface area (Å²) < 4.78 is 0. The van der Waals surface area contributed by atoms with Crippen LogP contribution in [0.25, 0.3) is 0 Å². The molecule has 3 aromatic carbocycles. The molecule has 0 atom stereocenters. The molecule has 0 aliphatic heterocycles. The third-order valence-corrected chi connectivity index (χ3v) is 9.26. The van der Waals surface area contributed by atoms with E-state index in [2.05, 4.69) is 36.4 Å². The lowest BCUT2D eigenvalue weighted by atomic mass is 10.2. The SMILES string of the molecule is O=CC1=CC(=P(c2ccccc2)(c2ccccc2)c2ccccc2)C=C1C=O. The lowest BCUT2D eigenvalue weighted by Crippen LogP contribution is -2.29. The van der Waals surface area contributed by atoms with E-state index in [0.29, 0.717) is 11.1 Å². The largest absolute Gasteiger partial charge is 0.298 e. The Morgan fingerprint density at radius 1 is 0.500 bits per heavy atom. The van der Waals surface area contributed by atoms with Crippen LogP contribution in [-0.4, -0.2) is 17.9 Å². The maximum Gasteiger partial charge on any atom is 0.150 e. The van der Waals surface area contributed by atoms with Gasteiger partial charge in [-0.3, -0.25) is 9.59 Å². The second-order valence-corrected chi connectivity index (χ2v) is 9.94. The molecule has 28 heavy (non-hydrogen) atoms. The van der Waals surface area contributed by atoms with E-state index in [1.807, 2.05) is 66.7 Å². The van der Waals surface area contributed by atoms with E-state index in [4.69, 9.17) is 0 Å². The maximum absolute atomic E-state index is 11.6. The lowest BCUT2D eigenvalue weighted by Gasteiger charge is -2.30. The van der Waals surface area contributed by atoms with Gasteiger partial charge in [0.25, 0.3) is 0 Å². The summed E-state index contributed by atoms with van der Waals surface area (Å²) in [6.07, 6.45) is 5.31. The van der Waals surface area contributed by atoms with Gasteiger partial charge in [-0.15, -0.1) is 0 Å². The third-order valence-electron chi connectivity index (χ3n) is 5.01. The zero-order valence-electron chi connectivity index (χ0n) is 15.2. The van der Waals surface area contributed by atoms with Crippen molar-refractivity contribution in [3.05, 3.63) is 114 Å². The highest BCUT2D eigenvalue weighted by Crippen LogP contribution is 2.48. The Morgan fingerprint density at radius 2 is 0.821 bits per heavy atom. The Bertz CT molecular complexity index is 996. The van der Waals surface area contributed by atoms with Crippen molar-refractivity contribution < 1.29 is 9.59 Å². The molecule has 0 heterocycles. The van der Waals surface area contributed by atoms with E-state index >= 15 is 0 Å². The Kier molecular flexibility index (Phi) is 5.06. The molecule has 0 saturated heterocycles. The Hall–Kier alpha value is -3.22. The highest BCUT2D eigenvalue weighted by molar-refractivity contribution is 7.95. The van der Waals surface area contributed by atoms with Gasteiger partial charge in [0.2, 0.25) is 0 Å². The van der Waals surface area contributed by atoms with Gasteiger partial charge >= 0.3 is 0 Å². The van der Waals surface area contributed by atoms with E-state index in [1.54, 1.807) is 0 Å². The molecule has 2 nitrogen and oxygen atoms in total. The molecule has 0 radical (unpaired) electrons. The molecule has 1 aliphatic rings. The monoisotopic (exact) mass is 382 g/mol. The van der Waals surface area contributed by atoms with Crippen molar-refractivity contribution in [1.29, 1.82) is 0 Å². The van der Waals surface area contributed by atoms with Crippen molar-refractivity contribution in [3.63, 3.8) is 0 Å². The van der Waals surface area contributed by atoms with Gasteiger partial charge < -0.3 is 0 Å². The first-order chi connectivity index (χ1) is 13.8. The van der Waals surface area contributed by atoms with E-state index in [1.165, 1.54) is 15.9 Å².